The Morgan fingerprint density at radius 3 is 2.40 bits per heavy atom. The maximum absolute atomic E-state index is 12.3. The molecule has 0 aliphatic carbocycles. The first-order valence-electron chi connectivity index (χ1n) is 11.2. The van der Waals surface area contributed by atoms with Crippen LogP contribution in [0.5, 0.6) is 0 Å². The van der Waals surface area contributed by atoms with Gasteiger partial charge in [-0.2, -0.15) is 0 Å². The third-order valence-electron chi connectivity index (χ3n) is 5.84. The van der Waals surface area contributed by atoms with Gasteiger partial charge in [-0.1, -0.05) is 32.4 Å². The number of benzene rings is 1. The summed E-state index contributed by atoms with van der Waals surface area (Å²) in [5, 5.41) is 0. The highest BCUT2D eigenvalue weighted by atomic mass is 32.2. The Morgan fingerprint density at radius 1 is 1.13 bits per heavy atom. The molecule has 6 heteroatoms. The van der Waals surface area contributed by atoms with E-state index in [-0.39, 0.29) is 17.6 Å². The minimum absolute atomic E-state index is 0.200. The number of anilines is 1. The number of carbonyl (C=O) groups excluding carboxylic acids is 1. The number of hydrogen-bond acceptors (Lipinski definition) is 5. The zero-order valence-corrected chi connectivity index (χ0v) is 20.1. The first kappa shape index (κ1) is 24.9. The minimum Gasteiger partial charge on any atom is -0.374 e. The van der Waals surface area contributed by atoms with E-state index in [2.05, 4.69) is 30.9 Å². The molecule has 0 aromatic heterocycles. The van der Waals surface area contributed by atoms with Crippen LogP contribution >= 0.6 is 0 Å². The smallest absolute Gasteiger partial charge is 0.155 e. The van der Waals surface area contributed by atoms with Gasteiger partial charge in [0.2, 0.25) is 0 Å². The van der Waals surface area contributed by atoms with Gasteiger partial charge in [0, 0.05) is 31.6 Å². The fourth-order valence-corrected chi connectivity index (χ4v) is 4.75. The summed E-state index contributed by atoms with van der Waals surface area (Å²) in [5.74, 6) is 0.914. The molecule has 1 heterocycles. The van der Waals surface area contributed by atoms with Gasteiger partial charge in [0.15, 0.2) is 9.84 Å². The van der Waals surface area contributed by atoms with Crippen LogP contribution in [0.15, 0.2) is 24.3 Å². The topological polar surface area (TPSA) is 63.7 Å². The average molecular weight is 438 g/mol. The number of Topliss-reactive ketones (excluding diaryl/α,β-unsaturated/α-hetero) is 1. The summed E-state index contributed by atoms with van der Waals surface area (Å²) in [6.07, 6.45) is 3.36. The lowest BCUT2D eigenvalue weighted by molar-refractivity contribution is -0.118. The van der Waals surface area contributed by atoms with Crippen LogP contribution in [0.25, 0.3) is 0 Å². The van der Waals surface area contributed by atoms with Crippen molar-refractivity contribution in [1.29, 1.82) is 0 Å². The lowest BCUT2D eigenvalue weighted by Gasteiger charge is -2.36. The van der Waals surface area contributed by atoms with Gasteiger partial charge in [-0.3, -0.25) is 4.79 Å². The van der Waals surface area contributed by atoms with Crippen molar-refractivity contribution in [3.05, 3.63) is 29.8 Å². The van der Waals surface area contributed by atoms with E-state index in [1.54, 1.807) is 20.8 Å². The van der Waals surface area contributed by atoms with Gasteiger partial charge in [-0.25, -0.2) is 8.42 Å². The number of ether oxygens (including phenoxy) is 1. The summed E-state index contributed by atoms with van der Waals surface area (Å²) in [6.45, 7) is 12.1. The molecule has 1 aromatic carbocycles. The number of ketones is 1. The first-order valence-corrected chi connectivity index (χ1v) is 12.8. The van der Waals surface area contributed by atoms with Gasteiger partial charge < -0.3 is 9.64 Å². The largest absolute Gasteiger partial charge is 0.374 e. The van der Waals surface area contributed by atoms with Crippen LogP contribution in [-0.2, 0) is 25.8 Å². The van der Waals surface area contributed by atoms with Crippen LogP contribution in [0.4, 0.5) is 5.69 Å². The second-order valence-corrected chi connectivity index (χ2v) is 12.6. The van der Waals surface area contributed by atoms with Crippen molar-refractivity contribution in [3.63, 3.8) is 0 Å². The number of nitrogens with zero attached hydrogens (tertiary/aromatic N) is 1. The third kappa shape index (κ3) is 7.38. The SMILES string of the molecule is CC(C)[C@@H]1CN(c2ccc(CC(=O)CCCCCS(=O)(=O)C(C)(C)C)cc2)CCO1. The Balaban J connectivity index is 1.73. The molecular formula is C24H39NO4S. The molecule has 0 unspecified atom stereocenters. The third-order valence-corrected chi connectivity index (χ3v) is 8.53. The van der Waals surface area contributed by atoms with Crippen molar-refractivity contribution in [3.8, 4) is 0 Å². The van der Waals surface area contributed by atoms with E-state index < -0.39 is 14.6 Å². The summed E-state index contributed by atoms with van der Waals surface area (Å²) >= 11 is 0. The van der Waals surface area contributed by atoms with Gasteiger partial charge in [-0.15, -0.1) is 0 Å². The molecule has 1 aromatic rings. The quantitative estimate of drug-likeness (QED) is 0.507. The summed E-state index contributed by atoms with van der Waals surface area (Å²) < 4.78 is 29.3. The number of rotatable bonds is 10. The predicted octanol–water partition coefficient (Wildman–Crippen LogP) is 4.43. The van der Waals surface area contributed by atoms with E-state index in [9.17, 15) is 13.2 Å². The van der Waals surface area contributed by atoms with Gasteiger partial charge in [0.05, 0.1) is 23.2 Å². The van der Waals surface area contributed by atoms with Crippen molar-refractivity contribution < 1.29 is 17.9 Å². The normalized spacial score (nSPS) is 18.1. The van der Waals surface area contributed by atoms with Crippen LogP contribution in [0.2, 0.25) is 0 Å². The molecule has 1 fully saturated rings. The zero-order chi connectivity index (χ0) is 22.4. The number of morpholine rings is 1. The summed E-state index contributed by atoms with van der Waals surface area (Å²) in [6, 6.07) is 8.29. The molecule has 0 radical (unpaired) electrons. The van der Waals surface area contributed by atoms with Crippen molar-refractivity contribution >= 4 is 21.3 Å². The Kier molecular flexibility index (Phi) is 8.92. The Bertz CT molecular complexity index is 778. The van der Waals surface area contributed by atoms with E-state index >= 15 is 0 Å². The highest BCUT2D eigenvalue weighted by Gasteiger charge is 2.28. The van der Waals surface area contributed by atoms with E-state index in [1.165, 1.54) is 5.69 Å². The van der Waals surface area contributed by atoms with Gasteiger partial charge in [0.25, 0.3) is 0 Å². The lowest BCUT2D eigenvalue weighted by atomic mass is 10.0. The van der Waals surface area contributed by atoms with Crippen molar-refractivity contribution in [2.45, 2.75) is 77.6 Å². The van der Waals surface area contributed by atoms with Crippen LogP contribution in [0.3, 0.4) is 0 Å². The molecule has 0 N–H and O–H groups in total. The Hall–Kier alpha value is -1.40. The molecule has 0 amide bonds. The summed E-state index contributed by atoms with van der Waals surface area (Å²) in [5.41, 5.74) is 2.22. The molecule has 1 atom stereocenters. The average Bonchev–Trinajstić information content (AvgIpc) is 2.67. The van der Waals surface area contributed by atoms with Crippen LogP contribution < -0.4 is 4.90 Å². The van der Waals surface area contributed by atoms with Crippen LogP contribution in [-0.4, -0.2) is 50.5 Å². The van der Waals surface area contributed by atoms with E-state index in [0.717, 1.165) is 38.1 Å². The highest BCUT2D eigenvalue weighted by molar-refractivity contribution is 7.92. The molecule has 1 aliphatic rings. The minimum atomic E-state index is -3.07. The fraction of sp³-hybridized carbons (Fsp3) is 0.708. The maximum Gasteiger partial charge on any atom is 0.155 e. The first-order chi connectivity index (χ1) is 14.0. The number of carbonyl (C=O) groups is 1. The van der Waals surface area contributed by atoms with Crippen molar-refractivity contribution in [2.75, 3.05) is 30.3 Å². The molecule has 0 spiro atoms. The van der Waals surface area contributed by atoms with Crippen molar-refractivity contribution in [2.24, 2.45) is 5.92 Å². The maximum atomic E-state index is 12.3. The molecule has 1 aliphatic heterocycles. The molecule has 0 bridgehead atoms. The van der Waals surface area contributed by atoms with Crippen LogP contribution in [0, 0.1) is 5.92 Å². The van der Waals surface area contributed by atoms with Gasteiger partial charge in [0.1, 0.15) is 5.78 Å². The van der Waals surface area contributed by atoms with Crippen LogP contribution in [0.1, 0.15) is 65.9 Å². The lowest BCUT2D eigenvalue weighted by Crippen LogP contribution is -2.44. The standard InChI is InChI=1S/C24H39NO4S/c1-19(2)23-18-25(14-15-29-23)21-12-10-20(11-13-21)17-22(26)9-7-6-8-16-30(27,28)24(3,4)5/h10-13,19,23H,6-9,14-18H2,1-5H3/t23-/m0/s1. The van der Waals surface area contributed by atoms with Gasteiger partial charge in [-0.05, 0) is 57.2 Å². The van der Waals surface area contributed by atoms with E-state index in [1.807, 2.05) is 12.1 Å². The summed E-state index contributed by atoms with van der Waals surface area (Å²) in [7, 11) is -3.07. The molecule has 170 valence electrons. The Morgan fingerprint density at radius 2 is 1.80 bits per heavy atom. The number of hydrogen-bond donors (Lipinski definition) is 0. The predicted molar refractivity (Wildman–Crippen MR) is 124 cm³/mol. The zero-order valence-electron chi connectivity index (χ0n) is 19.3. The summed E-state index contributed by atoms with van der Waals surface area (Å²) in [4.78, 5) is 14.6. The number of unbranched alkanes of at least 4 members (excludes halogenated alkanes) is 2. The van der Waals surface area contributed by atoms with Gasteiger partial charge >= 0.3 is 0 Å². The molecular weight excluding hydrogens is 398 g/mol. The van der Waals surface area contributed by atoms with E-state index in [4.69, 9.17) is 4.74 Å². The fourth-order valence-electron chi connectivity index (χ4n) is 3.55. The van der Waals surface area contributed by atoms with Crippen molar-refractivity contribution in [1.82, 2.24) is 0 Å². The molecule has 1 saturated heterocycles. The molecule has 0 saturated carbocycles. The molecule has 2 rings (SSSR count). The molecule has 30 heavy (non-hydrogen) atoms. The molecule has 5 nitrogen and oxygen atoms in total. The second-order valence-electron chi connectivity index (χ2n) is 9.72. The second kappa shape index (κ2) is 10.8. The highest BCUT2D eigenvalue weighted by Crippen LogP contribution is 2.22. The number of sulfone groups is 1. The van der Waals surface area contributed by atoms with E-state index in [0.29, 0.717) is 25.2 Å². The Labute approximate surface area is 183 Å². The monoisotopic (exact) mass is 437 g/mol.